The SMILES string of the molecule is O=c1[nH]cc(-c2cc(N3CC(Oc4cc5c(cn4)cnn5CC(F)(F)F)C(F)(F)C3)ncn2)c(=O)[nH]1. The first-order chi connectivity index (χ1) is 17.0. The number of pyridine rings is 1. The van der Waals surface area contributed by atoms with E-state index < -0.39 is 42.5 Å². The number of alkyl halides is 5. The molecule has 11 nitrogen and oxygen atoms in total. The monoisotopic (exact) mass is 510 g/mol. The van der Waals surface area contributed by atoms with Crippen LogP contribution in [0.25, 0.3) is 22.2 Å². The van der Waals surface area contributed by atoms with E-state index in [1.165, 1.54) is 23.4 Å². The Balaban J connectivity index is 1.38. The number of fused-ring (bicyclic) bond motifs is 1. The maximum atomic E-state index is 14.8. The number of rotatable bonds is 5. The summed E-state index contributed by atoms with van der Waals surface area (Å²) in [4.78, 5) is 40.7. The van der Waals surface area contributed by atoms with Gasteiger partial charge in [0.15, 0.2) is 6.10 Å². The Bertz CT molecular complexity index is 1550. The predicted molar refractivity (Wildman–Crippen MR) is 114 cm³/mol. The van der Waals surface area contributed by atoms with E-state index in [-0.39, 0.29) is 40.4 Å². The topological polar surface area (TPSA) is 135 Å². The molecule has 2 N–H and O–H groups in total. The van der Waals surface area contributed by atoms with Crippen LogP contribution < -0.4 is 20.9 Å². The van der Waals surface area contributed by atoms with Crippen molar-refractivity contribution < 1.29 is 26.7 Å². The van der Waals surface area contributed by atoms with E-state index in [1.54, 1.807) is 0 Å². The highest BCUT2D eigenvalue weighted by Gasteiger charge is 2.50. The van der Waals surface area contributed by atoms with Crippen molar-refractivity contribution in [3.8, 4) is 17.1 Å². The fraction of sp³-hybridized carbons (Fsp3) is 0.300. The van der Waals surface area contributed by atoms with E-state index in [4.69, 9.17) is 4.74 Å². The Morgan fingerprint density at radius 1 is 1.14 bits per heavy atom. The van der Waals surface area contributed by atoms with Gasteiger partial charge in [-0.25, -0.2) is 28.5 Å². The number of H-pyrrole nitrogens is 2. The molecule has 0 radical (unpaired) electrons. The number of aromatic nitrogens is 7. The van der Waals surface area contributed by atoms with Crippen LogP contribution in [0.2, 0.25) is 0 Å². The summed E-state index contributed by atoms with van der Waals surface area (Å²) in [6.07, 6.45) is -1.63. The van der Waals surface area contributed by atoms with E-state index in [1.807, 2.05) is 4.98 Å². The number of aromatic amines is 2. The van der Waals surface area contributed by atoms with Crippen LogP contribution in [0.15, 0.2) is 46.6 Å². The molecule has 4 aromatic heterocycles. The lowest BCUT2D eigenvalue weighted by Gasteiger charge is -2.18. The Hall–Kier alpha value is -4.37. The third-order valence-corrected chi connectivity index (χ3v) is 5.42. The molecule has 1 unspecified atom stereocenters. The van der Waals surface area contributed by atoms with Crippen molar-refractivity contribution in [1.82, 2.24) is 34.7 Å². The Morgan fingerprint density at radius 2 is 1.94 bits per heavy atom. The molecule has 1 aliphatic heterocycles. The summed E-state index contributed by atoms with van der Waals surface area (Å²) in [5.41, 5.74) is -1.31. The number of hydrogen-bond donors (Lipinski definition) is 2. The summed E-state index contributed by atoms with van der Waals surface area (Å²) in [5.74, 6) is -3.59. The van der Waals surface area contributed by atoms with Gasteiger partial charge in [-0.3, -0.25) is 14.5 Å². The number of ether oxygens (including phenoxy) is 1. The zero-order valence-corrected chi connectivity index (χ0v) is 18.0. The van der Waals surface area contributed by atoms with Gasteiger partial charge in [-0.1, -0.05) is 0 Å². The van der Waals surface area contributed by atoms with Crippen molar-refractivity contribution in [2.45, 2.75) is 24.7 Å². The molecule has 0 bridgehead atoms. The Morgan fingerprint density at radius 3 is 2.69 bits per heavy atom. The molecule has 4 aromatic rings. The predicted octanol–water partition coefficient (Wildman–Crippen LogP) is 1.73. The van der Waals surface area contributed by atoms with E-state index in [0.29, 0.717) is 4.68 Å². The molecule has 1 fully saturated rings. The highest BCUT2D eigenvalue weighted by Crippen LogP contribution is 2.34. The van der Waals surface area contributed by atoms with Crippen LogP contribution in [0.4, 0.5) is 27.8 Å². The van der Waals surface area contributed by atoms with E-state index in [9.17, 15) is 31.5 Å². The second-order valence-corrected chi connectivity index (χ2v) is 7.99. The molecule has 1 atom stereocenters. The molecule has 0 spiro atoms. The third kappa shape index (κ3) is 4.60. The quantitative estimate of drug-likeness (QED) is 0.388. The van der Waals surface area contributed by atoms with Crippen LogP contribution in [0.5, 0.6) is 5.88 Å². The molecule has 0 aromatic carbocycles. The van der Waals surface area contributed by atoms with Crippen LogP contribution >= 0.6 is 0 Å². The lowest BCUT2D eigenvalue weighted by atomic mass is 10.2. The first-order valence-corrected chi connectivity index (χ1v) is 10.3. The summed E-state index contributed by atoms with van der Waals surface area (Å²) in [7, 11) is 0. The summed E-state index contributed by atoms with van der Waals surface area (Å²) in [6, 6.07) is 2.43. The largest absolute Gasteiger partial charge is 0.466 e. The minimum Gasteiger partial charge on any atom is -0.466 e. The first-order valence-electron chi connectivity index (χ1n) is 10.3. The molecule has 16 heteroatoms. The molecule has 5 rings (SSSR count). The molecular weight excluding hydrogens is 495 g/mol. The van der Waals surface area contributed by atoms with Crippen molar-refractivity contribution in [3.05, 3.63) is 57.9 Å². The van der Waals surface area contributed by atoms with Gasteiger partial charge in [0.2, 0.25) is 5.88 Å². The highest BCUT2D eigenvalue weighted by atomic mass is 19.4. The first kappa shape index (κ1) is 23.4. The van der Waals surface area contributed by atoms with Gasteiger partial charge in [-0.05, 0) is 0 Å². The van der Waals surface area contributed by atoms with Crippen LogP contribution in [0.1, 0.15) is 0 Å². The molecule has 1 saturated heterocycles. The summed E-state index contributed by atoms with van der Waals surface area (Å²) >= 11 is 0. The van der Waals surface area contributed by atoms with Gasteiger partial charge in [-0.15, -0.1) is 0 Å². The molecule has 0 saturated carbocycles. The Kier molecular flexibility index (Phi) is 5.44. The summed E-state index contributed by atoms with van der Waals surface area (Å²) in [6.45, 7) is -2.49. The zero-order valence-electron chi connectivity index (χ0n) is 18.0. The lowest BCUT2D eigenvalue weighted by Crippen LogP contribution is -2.36. The second kappa shape index (κ2) is 8.39. The summed E-state index contributed by atoms with van der Waals surface area (Å²) < 4.78 is 74.1. The maximum Gasteiger partial charge on any atom is 0.408 e. The highest BCUT2D eigenvalue weighted by molar-refractivity contribution is 5.78. The molecule has 1 aliphatic rings. The number of nitrogens with one attached hydrogen (secondary N) is 2. The van der Waals surface area contributed by atoms with Crippen molar-refractivity contribution in [3.63, 3.8) is 0 Å². The van der Waals surface area contributed by atoms with Crippen LogP contribution in [0.3, 0.4) is 0 Å². The molecular formula is C20H15F5N8O3. The molecule has 188 valence electrons. The van der Waals surface area contributed by atoms with Gasteiger partial charge in [-0.2, -0.15) is 18.3 Å². The van der Waals surface area contributed by atoms with Gasteiger partial charge in [0.25, 0.3) is 5.56 Å². The molecule has 0 aliphatic carbocycles. The van der Waals surface area contributed by atoms with Gasteiger partial charge < -0.3 is 14.6 Å². The number of nitrogens with zero attached hydrogens (tertiary/aromatic N) is 6. The van der Waals surface area contributed by atoms with Gasteiger partial charge in [0, 0.05) is 29.9 Å². The van der Waals surface area contributed by atoms with Crippen LogP contribution in [-0.2, 0) is 6.54 Å². The van der Waals surface area contributed by atoms with Gasteiger partial charge in [0.1, 0.15) is 18.7 Å². The Labute approximate surface area is 196 Å². The third-order valence-electron chi connectivity index (χ3n) is 5.42. The standard InChI is InChI=1S/C20H15F5N8O3/c21-19(22)7-32(15-1-12(28-9-29-15)11-5-27-18(35)31-17(11)34)6-14(19)36-16-2-13-10(3-26-16)4-30-33(13)8-20(23,24)25/h1-5,9,14H,6-8H2,(H2,27,31,34,35). The van der Waals surface area contributed by atoms with Gasteiger partial charge in [0.05, 0.1) is 36.1 Å². The summed E-state index contributed by atoms with van der Waals surface area (Å²) in [5, 5.41) is 3.95. The molecule has 0 amide bonds. The van der Waals surface area contributed by atoms with E-state index in [2.05, 4.69) is 25.0 Å². The fourth-order valence-corrected chi connectivity index (χ4v) is 3.78. The number of hydrogen-bond acceptors (Lipinski definition) is 8. The van der Waals surface area contributed by atoms with Crippen LogP contribution in [0, 0.1) is 0 Å². The molecule has 5 heterocycles. The number of halogens is 5. The van der Waals surface area contributed by atoms with E-state index in [0.717, 1.165) is 18.6 Å². The minimum atomic E-state index is -4.53. The zero-order chi connectivity index (χ0) is 25.7. The smallest absolute Gasteiger partial charge is 0.408 e. The lowest BCUT2D eigenvalue weighted by molar-refractivity contribution is -0.141. The average Bonchev–Trinajstić information content (AvgIpc) is 3.32. The van der Waals surface area contributed by atoms with Crippen molar-refractivity contribution >= 4 is 16.7 Å². The van der Waals surface area contributed by atoms with Crippen molar-refractivity contribution in [2.24, 2.45) is 0 Å². The normalized spacial score (nSPS) is 17.6. The number of anilines is 1. The van der Waals surface area contributed by atoms with Gasteiger partial charge >= 0.3 is 17.8 Å². The molecule has 36 heavy (non-hydrogen) atoms. The maximum absolute atomic E-state index is 14.8. The average molecular weight is 510 g/mol. The van der Waals surface area contributed by atoms with Crippen molar-refractivity contribution in [2.75, 3.05) is 18.0 Å². The van der Waals surface area contributed by atoms with Crippen molar-refractivity contribution in [1.29, 1.82) is 0 Å². The van der Waals surface area contributed by atoms with E-state index >= 15 is 0 Å². The van der Waals surface area contributed by atoms with Crippen LogP contribution in [-0.4, -0.2) is 66.0 Å². The second-order valence-electron chi connectivity index (χ2n) is 7.99. The minimum absolute atomic E-state index is 0.00461. The fourth-order valence-electron chi connectivity index (χ4n) is 3.78.